The van der Waals surface area contributed by atoms with Crippen LogP contribution in [-0.4, -0.2) is 4.57 Å². The van der Waals surface area contributed by atoms with Gasteiger partial charge in [0.05, 0.1) is 11.0 Å². The van der Waals surface area contributed by atoms with Crippen LogP contribution in [0.2, 0.25) is 0 Å². The average Bonchev–Trinajstić information content (AvgIpc) is 3.35. The maximum Gasteiger partial charge on any atom is 0.0541 e. The normalized spacial score (nSPS) is 11.6. The van der Waals surface area contributed by atoms with Gasteiger partial charge in [-0.05, 0) is 80.6 Å². The molecule has 0 aliphatic carbocycles. The van der Waals surface area contributed by atoms with Crippen LogP contribution in [0.1, 0.15) is 5.56 Å². The molecular weight excluding hydrogens is 482 g/mol. The van der Waals surface area contributed by atoms with E-state index in [0.29, 0.717) is 0 Å². The first-order valence-electron chi connectivity index (χ1n) is 13.9. The van der Waals surface area contributed by atoms with Gasteiger partial charge in [0.1, 0.15) is 0 Å². The number of hydrogen-bond donors (Lipinski definition) is 0. The maximum atomic E-state index is 2.41. The molecule has 0 spiro atoms. The molecule has 0 N–H and O–H groups in total. The SMILES string of the molecule is Cc1ccc(-n2c3ccccc3c3ccccc32)cc1-c1c2ccccc2c(-c2ccccc2)c2ccccc12. The van der Waals surface area contributed by atoms with Gasteiger partial charge in [-0.25, -0.2) is 0 Å². The number of hydrogen-bond acceptors (Lipinski definition) is 0. The van der Waals surface area contributed by atoms with Crippen molar-refractivity contribution in [2.45, 2.75) is 6.92 Å². The van der Waals surface area contributed by atoms with Crippen LogP contribution < -0.4 is 0 Å². The van der Waals surface area contributed by atoms with Crippen molar-refractivity contribution in [2.24, 2.45) is 0 Å². The molecule has 0 amide bonds. The van der Waals surface area contributed by atoms with E-state index in [4.69, 9.17) is 0 Å². The van der Waals surface area contributed by atoms with Crippen molar-refractivity contribution >= 4 is 43.4 Å². The Morgan fingerprint density at radius 1 is 0.400 bits per heavy atom. The van der Waals surface area contributed by atoms with Crippen LogP contribution in [0.25, 0.3) is 71.3 Å². The first-order chi connectivity index (χ1) is 19.8. The van der Waals surface area contributed by atoms with Crippen LogP contribution in [0.3, 0.4) is 0 Å². The van der Waals surface area contributed by atoms with Gasteiger partial charge in [0.2, 0.25) is 0 Å². The van der Waals surface area contributed by atoms with Crippen molar-refractivity contribution in [1.82, 2.24) is 4.57 Å². The molecule has 1 heterocycles. The van der Waals surface area contributed by atoms with Crippen molar-refractivity contribution < 1.29 is 0 Å². The van der Waals surface area contributed by atoms with E-state index < -0.39 is 0 Å². The summed E-state index contributed by atoms with van der Waals surface area (Å²) in [5.41, 5.74) is 10.0. The lowest BCUT2D eigenvalue weighted by molar-refractivity contribution is 1.18. The standard InChI is InChI=1S/C39H27N/c1-26-23-24-28(40-36-21-11-9-15-29(36)30-16-10-12-22-37(30)40)25-35(26)39-33-19-7-5-17-31(33)38(27-13-3-2-4-14-27)32-18-6-8-20-34(32)39/h2-25H,1H3. The molecular formula is C39H27N. The van der Waals surface area contributed by atoms with Gasteiger partial charge < -0.3 is 4.57 Å². The minimum absolute atomic E-state index is 1.18. The molecule has 1 aromatic heterocycles. The fourth-order valence-electron chi connectivity index (χ4n) is 6.55. The molecule has 1 nitrogen and oxygen atoms in total. The second-order valence-corrected chi connectivity index (χ2v) is 10.6. The highest BCUT2D eigenvalue weighted by molar-refractivity contribution is 6.21. The van der Waals surface area contributed by atoms with Gasteiger partial charge in [-0.3, -0.25) is 0 Å². The third kappa shape index (κ3) is 3.34. The molecule has 0 fully saturated rings. The highest BCUT2D eigenvalue weighted by atomic mass is 15.0. The van der Waals surface area contributed by atoms with Crippen molar-refractivity contribution in [1.29, 1.82) is 0 Å². The lowest BCUT2D eigenvalue weighted by Crippen LogP contribution is -1.97. The number of fused-ring (bicyclic) bond motifs is 5. The second kappa shape index (κ2) is 8.97. The summed E-state index contributed by atoms with van der Waals surface area (Å²) in [6, 6.07) is 53.0. The molecule has 188 valence electrons. The smallest absolute Gasteiger partial charge is 0.0541 e. The molecule has 8 rings (SSSR count). The molecule has 1 heteroatoms. The quantitative estimate of drug-likeness (QED) is 0.209. The molecule has 8 aromatic rings. The Hall–Kier alpha value is -5.14. The van der Waals surface area contributed by atoms with Gasteiger partial charge in [-0.2, -0.15) is 0 Å². The van der Waals surface area contributed by atoms with Crippen LogP contribution in [0.5, 0.6) is 0 Å². The number of aryl methyl sites for hydroxylation is 1. The molecule has 0 aliphatic rings. The van der Waals surface area contributed by atoms with Crippen LogP contribution in [-0.2, 0) is 0 Å². The Labute approximate surface area is 233 Å². The van der Waals surface area contributed by atoms with Gasteiger partial charge in [-0.1, -0.05) is 121 Å². The Kier molecular flexibility index (Phi) is 5.11. The van der Waals surface area contributed by atoms with E-state index in [9.17, 15) is 0 Å². The van der Waals surface area contributed by atoms with Crippen molar-refractivity contribution in [2.75, 3.05) is 0 Å². The first kappa shape index (κ1) is 22.8. The summed E-state index contributed by atoms with van der Waals surface area (Å²) < 4.78 is 2.41. The van der Waals surface area contributed by atoms with E-state index in [0.717, 1.165) is 0 Å². The summed E-state index contributed by atoms with van der Waals surface area (Å²) in [6.07, 6.45) is 0. The van der Waals surface area contributed by atoms with Crippen LogP contribution >= 0.6 is 0 Å². The molecule has 0 aliphatic heterocycles. The summed E-state index contributed by atoms with van der Waals surface area (Å²) in [5.74, 6) is 0. The van der Waals surface area contributed by atoms with Gasteiger partial charge in [-0.15, -0.1) is 0 Å². The minimum Gasteiger partial charge on any atom is -0.309 e. The molecule has 0 saturated carbocycles. The molecule has 40 heavy (non-hydrogen) atoms. The fourth-order valence-corrected chi connectivity index (χ4v) is 6.55. The summed E-state index contributed by atoms with van der Waals surface area (Å²) in [7, 11) is 0. The molecule has 0 radical (unpaired) electrons. The van der Waals surface area contributed by atoms with Gasteiger partial charge in [0.15, 0.2) is 0 Å². The maximum absolute atomic E-state index is 2.41. The van der Waals surface area contributed by atoms with Gasteiger partial charge in [0, 0.05) is 16.5 Å². The van der Waals surface area contributed by atoms with E-state index in [1.807, 2.05) is 0 Å². The van der Waals surface area contributed by atoms with Crippen molar-refractivity contribution in [3.63, 3.8) is 0 Å². The second-order valence-electron chi connectivity index (χ2n) is 10.6. The lowest BCUT2D eigenvalue weighted by atomic mass is 9.85. The van der Waals surface area contributed by atoms with E-state index in [1.165, 1.54) is 76.9 Å². The number of aromatic nitrogens is 1. The zero-order valence-electron chi connectivity index (χ0n) is 22.3. The largest absolute Gasteiger partial charge is 0.309 e. The van der Waals surface area contributed by atoms with Crippen molar-refractivity contribution in [3.05, 3.63) is 151 Å². The van der Waals surface area contributed by atoms with E-state index in [-0.39, 0.29) is 0 Å². The molecule has 0 unspecified atom stereocenters. The first-order valence-corrected chi connectivity index (χ1v) is 13.9. The summed E-state index contributed by atoms with van der Waals surface area (Å²) >= 11 is 0. The molecule has 0 bridgehead atoms. The lowest BCUT2D eigenvalue weighted by Gasteiger charge is -2.20. The topological polar surface area (TPSA) is 4.93 Å². The Morgan fingerprint density at radius 2 is 0.850 bits per heavy atom. The highest BCUT2D eigenvalue weighted by Gasteiger charge is 2.19. The summed E-state index contributed by atoms with van der Waals surface area (Å²) in [4.78, 5) is 0. The van der Waals surface area contributed by atoms with Gasteiger partial charge in [0.25, 0.3) is 0 Å². The summed E-state index contributed by atoms with van der Waals surface area (Å²) in [6.45, 7) is 2.24. The predicted molar refractivity (Wildman–Crippen MR) is 171 cm³/mol. The van der Waals surface area contributed by atoms with Gasteiger partial charge >= 0.3 is 0 Å². The van der Waals surface area contributed by atoms with Crippen molar-refractivity contribution in [3.8, 4) is 27.9 Å². The van der Waals surface area contributed by atoms with E-state index in [2.05, 4.69) is 157 Å². The number of benzene rings is 7. The summed E-state index contributed by atoms with van der Waals surface area (Å²) in [5, 5.41) is 7.69. The number of nitrogens with zero attached hydrogens (tertiary/aromatic N) is 1. The fraction of sp³-hybridized carbons (Fsp3) is 0.0256. The van der Waals surface area contributed by atoms with E-state index in [1.54, 1.807) is 0 Å². The average molecular weight is 510 g/mol. The zero-order chi connectivity index (χ0) is 26.6. The van der Waals surface area contributed by atoms with E-state index >= 15 is 0 Å². The predicted octanol–water partition coefficient (Wildman–Crippen LogP) is 10.7. The number of para-hydroxylation sites is 2. The molecule has 7 aromatic carbocycles. The minimum atomic E-state index is 1.18. The monoisotopic (exact) mass is 509 g/mol. The number of rotatable bonds is 3. The van der Waals surface area contributed by atoms with Crippen LogP contribution in [0.15, 0.2) is 146 Å². The Balaban J connectivity index is 1.48. The zero-order valence-corrected chi connectivity index (χ0v) is 22.3. The Bertz CT molecular complexity index is 2110. The third-order valence-electron chi connectivity index (χ3n) is 8.32. The van der Waals surface area contributed by atoms with Crippen LogP contribution in [0, 0.1) is 6.92 Å². The molecule has 0 atom stereocenters. The highest BCUT2D eigenvalue weighted by Crippen LogP contribution is 2.45. The molecule has 0 saturated heterocycles. The Morgan fingerprint density at radius 3 is 1.40 bits per heavy atom. The van der Waals surface area contributed by atoms with Crippen LogP contribution in [0.4, 0.5) is 0 Å². The third-order valence-corrected chi connectivity index (χ3v) is 8.32.